The second kappa shape index (κ2) is 9.44. The summed E-state index contributed by atoms with van der Waals surface area (Å²) in [4.78, 5) is 14.4. The molecule has 1 atom stereocenters. The number of aryl methyl sites for hydroxylation is 1. The van der Waals surface area contributed by atoms with E-state index in [2.05, 4.69) is 24.3 Å². The molecule has 1 heterocycles. The summed E-state index contributed by atoms with van der Waals surface area (Å²) in [6.45, 7) is 2.12. The van der Waals surface area contributed by atoms with Gasteiger partial charge in [0.2, 0.25) is 0 Å². The zero-order chi connectivity index (χ0) is 16.8. The van der Waals surface area contributed by atoms with Gasteiger partial charge in [-0.15, -0.1) is 12.4 Å². The lowest BCUT2D eigenvalue weighted by Gasteiger charge is -2.17. The second-order valence-corrected chi connectivity index (χ2v) is 6.21. The summed E-state index contributed by atoms with van der Waals surface area (Å²) >= 11 is 0. The Morgan fingerprint density at radius 3 is 2.60 bits per heavy atom. The fourth-order valence-corrected chi connectivity index (χ4v) is 3.08. The van der Waals surface area contributed by atoms with Gasteiger partial charge in [0.25, 0.3) is 5.91 Å². The van der Waals surface area contributed by atoms with Gasteiger partial charge < -0.3 is 15.4 Å². The summed E-state index contributed by atoms with van der Waals surface area (Å²) < 4.78 is 5.95. The normalized spacial score (nSPS) is 16.5. The number of para-hydroxylation sites is 1. The number of anilines is 1. The summed E-state index contributed by atoms with van der Waals surface area (Å²) in [7, 11) is 0. The highest BCUT2D eigenvalue weighted by Crippen LogP contribution is 2.19. The number of rotatable bonds is 6. The van der Waals surface area contributed by atoms with Crippen molar-refractivity contribution in [2.75, 3.05) is 25.4 Å². The third-order valence-electron chi connectivity index (χ3n) is 4.43. The number of hydrogen-bond acceptors (Lipinski definition) is 3. The van der Waals surface area contributed by atoms with Crippen LogP contribution in [-0.4, -0.2) is 36.6 Å². The van der Waals surface area contributed by atoms with Crippen molar-refractivity contribution >= 4 is 24.0 Å². The maximum Gasteiger partial charge on any atom is 0.256 e. The molecule has 0 aromatic heterocycles. The number of halogens is 1. The van der Waals surface area contributed by atoms with Crippen LogP contribution in [0.1, 0.15) is 28.8 Å². The second-order valence-electron chi connectivity index (χ2n) is 6.21. The van der Waals surface area contributed by atoms with E-state index >= 15 is 0 Å². The Bertz CT molecular complexity index is 678. The number of likely N-dealkylation sites (tertiary alicyclic amines) is 1. The number of hydrogen-bond donors (Lipinski definition) is 1. The zero-order valence-electron chi connectivity index (χ0n) is 14.3. The molecule has 1 saturated heterocycles. The van der Waals surface area contributed by atoms with Gasteiger partial charge in [-0.1, -0.05) is 42.5 Å². The Morgan fingerprint density at radius 2 is 1.84 bits per heavy atom. The van der Waals surface area contributed by atoms with Crippen molar-refractivity contribution < 1.29 is 9.53 Å². The summed E-state index contributed by atoms with van der Waals surface area (Å²) in [6, 6.07) is 17.7. The Hall–Kier alpha value is -2.04. The molecule has 1 aliphatic heterocycles. The van der Waals surface area contributed by atoms with Gasteiger partial charge in [0.15, 0.2) is 0 Å². The highest BCUT2D eigenvalue weighted by molar-refractivity contribution is 5.99. The SMILES string of the molecule is Cl.Nc1ccccc1C(=O)N1CCC(OCCCc2ccccc2)C1. The number of nitrogen functional groups attached to an aromatic ring is 1. The van der Waals surface area contributed by atoms with Crippen LogP contribution in [0.4, 0.5) is 5.69 Å². The maximum absolute atomic E-state index is 12.5. The third-order valence-corrected chi connectivity index (χ3v) is 4.43. The van der Waals surface area contributed by atoms with Crippen LogP contribution in [0, 0.1) is 0 Å². The predicted octanol–water partition coefficient (Wildman–Crippen LogP) is 3.55. The fourth-order valence-electron chi connectivity index (χ4n) is 3.08. The quantitative estimate of drug-likeness (QED) is 0.633. The van der Waals surface area contributed by atoms with Crippen LogP contribution in [0.25, 0.3) is 0 Å². The minimum atomic E-state index is 0. The zero-order valence-corrected chi connectivity index (χ0v) is 15.1. The van der Waals surface area contributed by atoms with Crippen LogP contribution in [-0.2, 0) is 11.2 Å². The van der Waals surface area contributed by atoms with Crippen LogP contribution in [0.2, 0.25) is 0 Å². The van der Waals surface area contributed by atoms with Gasteiger partial charge >= 0.3 is 0 Å². The minimum absolute atomic E-state index is 0. The molecular formula is C20H25ClN2O2. The number of benzene rings is 2. The number of nitrogens with zero attached hydrogens (tertiary/aromatic N) is 1. The molecular weight excluding hydrogens is 336 g/mol. The first kappa shape index (κ1) is 19.3. The van der Waals surface area contributed by atoms with Gasteiger partial charge in [0.05, 0.1) is 11.7 Å². The largest absolute Gasteiger partial charge is 0.398 e. The molecule has 0 saturated carbocycles. The van der Waals surface area contributed by atoms with Gasteiger partial charge in [-0.3, -0.25) is 4.79 Å². The van der Waals surface area contributed by atoms with E-state index in [1.54, 1.807) is 12.1 Å². The molecule has 25 heavy (non-hydrogen) atoms. The Kier molecular flexibility index (Phi) is 7.29. The van der Waals surface area contributed by atoms with Gasteiger partial charge in [-0.25, -0.2) is 0 Å². The maximum atomic E-state index is 12.5. The Labute approximate surface area is 155 Å². The molecule has 0 aliphatic carbocycles. The lowest BCUT2D eigenvalue weighted by molar-refractivity contribution is 0.0525. The molecule has 3 rings (SSSR count). The monoisotopic (exact) mass is 360 g/mol. The molecule has 1 unspecified atom stereocenters. The van der Waals surface area contributed by atoms with E-state index < -0.39 is 0 Å². The molecule has 1 aliphatic rings. The van der Waals surface area contributed by atoms with Crippen LogP contribution in [0.15, 0.2) is 54.6 Å². The molecule has 2 aromatic carbocycles. The molecule has 1 fully saturated rings. The molecule has 2 aromatic rings. The van der Waals surface area contributed by atoms with Gasteiger partial charge in [0, 0.05) is 25.4 Å². The van der Waals surface area contributed by atoms with Gasteiger partial charge in [-0.05, 0) is 37.0 Å². The fraction of sp³-hybridized carbons (Fsp3) is 0.350. The van der Waals surface area contributed by atoms with E-state index in [-0.39, 0.29) is 24.4 Å². The average molecular weight is 361 g/mol. The Balaban J connectivity index is 0.00000225. The van der Waals surface area contributed by atoms with E-state index in [9.17, 15) is 4.79 Å². The molecule has 4 nitrogen and oxygen atoms in total. The smallest absolute Gasteiger partial charge is 0.256 e. The van der Waals surface area contributed by atoms with Crippen LogP contribution >= 0.6 is 12.4 Å². The van der Waals surface area contributed by atoms with Crippen molar-refractivity contribution in [3.05, 3.63) is 65.7 Å². The van der Waals surface area contributed by atoms with Crippen LogP contribution in [0.3, 0.4) is 0 Å². The van der Waals surface area contributed by atoms with Crippen molar-refractivity contribution in [3.8, 4) is 0 Å². The standard InChI is InChI=1S/C20H24N2O2.ClH/c21-19-11-5-4-10-18(19)20(23)22-13-12-17(15-22)24-14-6-9-16-7-2-1-3-8-16;/h1-5,7-8,10-11,17H,6,9,12-15,21H2;1H. The highest BCUT2D eigenvalue weighted by Gasteiger charge is 2.28. The van der Waals surface area contributed by atoms with Crippen LogP contribution in [0.5, 0.6) is 0 Å². The molecule has 0 radical (unpaired) electrons. The number of nitrogens with two attached hydrogens (primary N) is 1. The minimum Gasteiger partial charge on any atom is -0.398 e. The first-order chi connectivity index (χ1) is 11.7. The lowest BCUT2D eigenvalue weighted by Crippen LogP contribution is -2.30. The average Bonchev–Trinajstić information content (AvgIpc) is 3.08. The number of ether oxygens (including phenoxy) is 1. The van der Waals surface area contributed by atoms with E-state index in [0.29, 0.717) is 17.8 Å². The number of amides is 1. The summed E-state index contributed by atoms with van der Waals surface area (Å²) in [5.41, 5.74) is 8.36. The predicted molar refractivity (Wildman–Crippen MR) is 103 cm³/mol. The third kappa shape index (κ3) is 5.21. The van der Waals surface area contributed by atoms with Crippen molar-refractivity contribution in [3.63, 3.8) is 0 Å². The first-order valence-corrected chi connectivity index (χ1v) is 8.53. The van der Waals surface area contributed by atoms with Crippen molar-refractivity contribution in [1.29, 1.82) is 0 Å². The van der Waals surface area contributed by atoms with E-state index in [0.717, 1.165) is 32.4 Å². The molecule has 1 amide bonds. The molecule has 0 spiro atoms. The summed E-state index contributed by atoms with van der Waals surface area (Å²) in [5.74, 6) is 0.00323. The summed E-state index contributed by atoms with van der Waals surface area (Å²) in [6.07, 6.45) is 3.05. The first-order valence-electron chi connectivity index (χ1n) is 8.53. The van der Waals surface area contributed by atoms with E-state index in [4.69, 9.17) is 10.5 Å². The molecule has 5 heteroatoms. The molecule has 0 bridgehead atoms. The Morgan fingerprint density at radius 1 is 1.12 bits per heavy atom. The van der Waals surface area contributed by atoms with Gasteiger partial charge in [0.1, 0.15) is 0 Å². The topological polar surface area (TPSA) is 55.6 Å². The van der Waals surface area contributed by atoms with E-state index in [1.807, 2.05) is 23.1 Å². The van der Waals surface area contributed by atoms with Gasteiger partial charge in [-0.2, -0.15) is 0 Å². The lowest BCUT2D eigenvalue weighted by atomic mass is 10.1. The number of carbonyl (C=O) groups excluding carboxylic acids is 1. The number of carbonyl (C=O) groups is 1. The highest BCUT2D eigenvalue weighted by atomic mass is 35.5. The van der Waals surface area contributed by atoms with E-state index in [1.165, 1.54) is 5.56 Å². The molecule has 134 valence electrons. The van der Waals surface area contributed by atoms with Crippen molar-refractivity contribution in [1.82, 2.24) is 4.90 Å². The summed E-state index contributed by atoms with van der Waals surface area (Å²) in [5, 5.41) is 0. The van der Waals surface area contributed by atoms with Crippen LogP contribution < -0.4 is 5.73 Å². The molecule has 2 N–H and O–H groups in total. The van der Waals surface area contributed by atoms with Crippen molar-refractivity contribution in [2.45, 2.75) is 25.4 Å². The van der Waals surface area contributed by atoms with Crippen molar-refractivity contribution in [2.24, 2.45) is 0 Å².